The lowest BCUT2D eigenvalue weighted by atomic mass is 9.87. The molecule has 1 aliphatic rings. The molecule has 3 aromatic rings. The number of carbonyl (C=O) groups excluding carboxylic acids is 1. The van der Waals surface area contributed by atoms with Crippen LogP contribution in [0.15, 0.2) is 42.9 Å². The van der Waals surface area contributed by atoms with Gasteiger partial charge < -0.3 is 10.4 Å². The van der Waals surface area contributed by atoms with Crippen molar-refractivity contribution in [3.8, 4) is 16.9 Å². The first kappa shape index (κ1) is 23.5. The number of aromatic carboxylic acids is 1. The van der Waals surface area contributed by atoms with Crippen LogP contribution in [0.1, 0.15) is 46.7 Å². The number of benzene rings is 1. The number of carboxylic acid groups (broad SMARTS) is 1. The third-order valence-corrected chi connectivity index (χ3v) is 6.80. The molecule has 1 aliphatic carbocycles. The SMILES string of the molecule is CS(=O)(=O)CC1CCC(NC(=O)c2cccc(-n3cc(-c4cnc(C(=O)O)nc4)nn3)c2)CC1. The van der Waals surface area contributed by atoms with Crippen molar-refractivity contribution in [1.82, 2.24) is 30.3 Å². The van der Waals surface area contributed by atoms with Crippen LogP contribution in [0.4, 0.5) is 0 Å². The molecule has 2 aromatic heterocycles. The van der Waals surface area contributed by atoms with Gasteiger partial charge in [0.2, 0.25) is 5.82 Å². The van der Waals surface area contributed by atoms with Crippen molar-refractivity contribution < 1.29 is 23.1 Å². The summed E-state index contributed by atoms with van der Waals surface area (Å²) in [6.45, 7) is 0. The summed E-state index contributed by atoms with van der Waals surface area (Å²) in [5.41, 5.74) is 2.07. The van der Waals surface area contributed by atoms with Gasteiger partial charge in [-0.3, -0.25) is 4.79 Å². The van der Waals surface area contributed by atoms with Crippen molar-refractivity contribution in [2.24, 2.45) is 5.92 Å². The molecule has 0 radical (unpaired) electrons. The lowest BCUT2D eigenvalue weighted by Crippen LogP contribution is -2.38. The summed E-state index contributed by atoms with van der Waals surface area (Å²) in [4.78, 5) is 31.3. The van der Waals surface area contributed by atoms with Crippen molar-refractivity contribution in [3.63, 3.8) is 0 Å². The quantitative estimate of drug-likeness (QED) is 0.510. The number of nitrogens with zero attached hydrogens (tertiary/aromatic N) is 5. The van der Waals surface area contributed by atoms with Gasteiger partial charge in [0.1, 0.15) is 15.5 Å². The summed E-state index contributed by atoms with van der Waals surface area (Å²) in [5.74, 6) is -1.37. The minimum atomic E-state index is -2.99. The fourth-order valence-corrected chi connectivity index (χ4v) is 5.24. The van der Waals surface area contributed by atoms with E-state index in [1.165, 1.54) is 23.3 Å². The highest BCUT2D eigenvalue weighted by molar-refractivity contribution is 7.90. The van der Waals surface area contributed by atoms with E-state index in [9.17, 15) is 18.0 Å². The van der Waals surface area contributed by atoms with Crippen LogP contribution in [-0.4, -0.2) is 68.4 Å². The molecule has 1 fully saturated rings. The Bertz CT molecular complexity index is 1300. The molecule has 0 unspecified atom stereocenters. The molecule has 0 aliphatic heterocycles. The van der Waals surface area contributed by atoms with Gasteiger partial charge in [0, 0.05) is 35.8 Å². The van der Waals surface area contributed by atoms with E-state index in [0.717, 1.165) is 25.7 Å². The first-order valence-corrected chi connectivity index (χ1v) is 12.8. The van der Waals surface area contributed by atoms with E-state index in [-0.39, 0.29) is 29.4 Å². The van der Waals surface area contributed by atoms with Crippen LogP contribution in [0.3, 0.4) is 0 Å². The van der Waals surface area contributed by atoms with Crippen molar-refractivity contribution in [1.29, 1.82) is 0 Å². The molecule has 4 rings (SSSR count). The predicted molar refractivity (Wildman–Crippen MR) is 122 cm³/mol. The molecule has 0 bridgehead atoms. The number of carboxylic acids is 1. The standard InChI is InChI=1S/C22H24N6O5S/c1-34(32,33)13-14-5-7-17(8-6-14)25-21(29)15-3-2-4-18(9-15)28-12-19(26-27-28)16-10-23-20(22(30)31)24-11-16/h2-4,9-12,14,17H,5-8,13H2,1H3,(H,25,29)(H,30,31). The van der Waals surface area contributed by atoms with Crippen molar-refractivity contribution in [2.75, 3.05) is 12.0 Å². The highest BCUT2D eigenvalue weighted by Gasteiger charge is 2.25. The molecule has 2 heterocycles. The number of rotatable bonds is 7. The van der Waals surface area contributed by atoms with Gasteiger partial charge in [0.15, 0.2) is 0 Å². The largest absolute Gasteiger partial charge is 0.475 e. The van der Waals surface area contributed by atoms with E-state index >= 15 is 0 Å². The zero-order valence-electron chi connectivity index (χ0n) is 18.5. The second-order valence-corrected chi connectivity index (χ2v) is 10.7. The third kappa shape index (κ3) is 5.81. The molecule has 0 saturated heterocycles. The van der Waals surface area contributed by atoms with Crippen LogP contribution in [0.2, 0.25) is 0 Å². The average Bonchev–Trinajstić information content (AvgIpc) is 3.30. The molecule has 0 atom stereocenters. The molecule has 178 valence electrons. The monoisotopic (exact) mass is 484 g/mol. The Kier molecular flexibility index (Phi) is 6.68. The van der Waals surface area contributed by atoms with Crippen molar-refractivity contribution in [2.45, 2.75) is 31.7 Å². The number of hydrogen-bond acceptors (Lipinski definition) is 8. The minimum Gasteiger partial charge on any atom is -0.475 e. The van der Waals surface area contributed by atoms with Gasteiger partial charge in [-0.1, -0.05) is 11.3 Å². The van der Waals surface area contributed by atoms with Gasteiger partial charge in [-0.2, -0.15) is 0 Å². The number of carbonyl (C=O) groups is 2. The van der Waals surface area contributed by atoms with Gasteiger partial charge >= 0.3 is 5.97 Å². The van der Waals surface area contributed by atoms with E-state index < -0.39 is 15.8 Å². The average molecular weight is 485 g/mol. The molecule has 1 saturated carbocycles. The number of aromatic nitrogens is 5. The van der Waals surface area contributed by atoms with Gasteiger partial charge in [-0.25, -0.2) is 27.9 Å². The van der Waals surface area contributed by atoms with Crippen molar-refractivity contribution >= 4 is 21.7 Å². The van der Waals surface area contributed by atoms with Crippen LogP contribution in [0, 0.1) is 5.92 Å². The van der Waals surface area contributed by atoms with E-state index in [4.69, 9.17) is 5.11 Å². The first-order chi connectivity index (χ1) is 16.2. The molecule has 12 heteroatoms. The van der Waals surface area contributed by atoms with Gasteiger partial charge in [0.05, 0.1) is 17.6 Å². The maximum absolute atomic E-state index is 12.8. The number of nitrogens with one attached hydrogen (secondary N) is 1. The molecule has 2 N–H and O–H groups in total. The second-order valence-electron chi connectivity index (χ2n) is 8.48. The molecule has 1 aromatic carbocycles. The van der Waals surface area contributed by atoms with Crippen molar-refractivity contribution in [3.05, 3.63) is 54.2 Å². The topological polar surface area (TPSA) is 157 Å². The first-order valence-electron chi connectivity index (χ1n) is 10.7. The smallest absolute Gasteiger partial charge is 0.373 e. The lowest BCUT2D eigenvalue weighted by molar-refractivity contribution is 0.0683. The van der Waals surface area contributed by atoms with Crippen LogP contribution in [0.25, 0.3) is 16.9 Å². The van der Waals surface area contributed by atoms with Crippen LogP contribution in [-0.2, 0) is 9.84 Å². The number of hydrogen-bond donors (Lipinski definition) is 2. The Morgan fingerprint density at radius 3 is 2.50 bits per heavy atom. The minimum absolute atomic E-state index is 0.0127. The fraction of sp³-hybridized carbons (Fsp3) is 0.364. The third-order valence-electron chi connectivity index (χ3n) is 5.73. The summed E-state index contributed by atoms with van der Waals surface area (Å²) in [6.07, 6.45) is 8.67. The Balaban J connectivity index is 1.40. The Labute approximate surface area is 196 Å². The zero-order chi connectivity index (χ0) is 24.3. The summed E-state index contributed by atoms with van der Waals surface area (Å²) in [6, 6.07) is 6.96. The lowest BCUT2D eigenvalue weighted by Gasteiger charge is -2.28. The predicted octanol–water partition coefficient (Wildman–Crippen LogP) is 1.76. The van der Waals surface area contributed by atoms with E-state index in [2.05, 4.69) is 25.6 Å². The van der Waals surface area contributed by atoms with Gasteiger partial charge in [0.25, 0.3) is 5.91 Å². The van der Waals surface area contributed by atoms with Crippen LogP contribution < -0.4 is 5.32 Å². The van der Waals surface area contributed by atoms with Crippen LogP contribution in [0.5, 0.6) is 0 Å². The summed E-state index contributed by atoms with van der Waals surface area (Å²) in [7, 11) is -2.99. The molecule has 34 heavy (non-hydrogen) atoms. The summed E-state index contributed by atoms with van der Waals surface area (Å²) < 4.78 is 24.5. The highest BCUT2D eigenvalue weighted by Crippen LogP contribution is 2.26. The summed E-state index contributed by atoms with van der Waals surface area (Å²) in [5, 5.41) is 20.1. The molecule has 11 nitrogen and oxygen atoms in total. The maximum Gasteiger partial charge on any atom is 0.373 e. The normalized spacial score (nSPS) is 18.4. The molecule has 1 amide bonds. The fourth-order valence-electron chi connectivity index (χ4n) is 4.05. The molecule has 0 spiro atoms. The number of sulfone groups is 1. The Hall–Kier alpha value is -3.67. The Morgan fingerprint density at radius 2 is 1.85 bits per heavy atom. The van der Waals surface area contributed by atoms with E-state index in [0.29, 0.717) is 22.5 Å². The van der Waals surface area contributed by atoms with Crippen LogP contribution >= 0.6 is 0 Å². The maximum atomic E-state index is 12.8. The van der Waals surface area contributed by atoms with E-state index in [1.807, 2.05) is 0 Å². The highest BCUT2D eigenvalue weighted by atomic mass is 32.2. The second kappa shape index (κ2) is 9.67. The molecular weight excluding hydrogens is 460 g/mol. The zero-order valence-corrected chi connectivity index (χ0v) is 19.3. The van der Waals surface area contributed by atoms with Gasteiger partial charge in [-0.05, 0) is 49.8 Å². The summed E-state index contributed by atoms with van der Waals surface area (Å²) >= 11 is 0. The number of amides is 1. The Morgan fingerprint density at radius 1 is 1.15 bits per heavy atom. The van der Waals surface area contributed by atoms with E-state index in [1.54, 1.807) is 30.5 Å². The molecular formula is C22H24N6O5S. The van der Waals surface area contributed by atoms with Gasteiger partial charge in [-0.15, -0.1) is 5.10 Å².